The average Bonchev–Trinajstić information content (AvgIpc) is 3.15. The Morgan fingerprint density at radius 2 is 2.03 bits per heavy atom. The number of phenolic OH excluding ortho intramolecular Hbond substituents is 1. The topological polar surface area (TPSA) is 84.3 Å². The minimum Gasteiger partial charge on any atom is -0.506 e. The number of phenols is 1. The zero-order valence-electron chi connectivity index (χ0n) is 17.0. The number of ether oxygens (including phenoxy) is 1. The van der Waals surface area contributed by atoms with Crippen molar-refractivity contribution in [1.82, 2.24) is 9.97 Å². The van der Waals surface area contributed by atoms with Crippen LogP contribution in [0.2, 0.25) is 5.02 Å². The van der Waals surface area contributed by atoms with Gasteiger partial charge < -0.3 is 15.2 Å². The van der Waals surface area contributed by atoms with E-state index in [0.29, 0.717) is 24.4 Å². The van der Waals surface area contributed by atoms with Gasteiger partial charge in [-0.15, -0.1) is 11.3 Å². The first-order valence-electron chi connectivity index (χ1n) is 10.0. The molecule has 0 saturated heterocycles. The molecule has 0 bridgehead atoms. The summed E-state index contributed by atoms with van der Waals surface area (Å²) in [5.74, 6) is 1.38. The van der Waals surface area contributed by atoms with E-state index in [0.717, 1.165) is 50.4 Å². The third kappa shape index (κ3) is 4.89. The Morgan fingerprint density at radius 3 is 2.84 bits per heavy atom. The van der Waals surface area contributed by atoms with Crippen LogP contribution in [0.3, 0.4) is 0 Å². The number of carbonyl (C=O) groups excluding carboxylic acids is 1. The maximum Gasteiger partial charge on any atom is 0.305 e. The van der Waals surface area contributed by atoms with Gasteiger partial charge in [0.05, 0.1) is 17.5 Å². The largest absolute Gasteiger partial charge is 0.506 e. The molecule has 4 aromatic rings. The smallest absolute Gasteiger partial charge is 0.305 e. The van der Waals surface area contributed by atoms with E-state index in [1.807, 2.05) is 18.2 Å². The number of nitrogens with one attached hydrogen (secondary N) is 1. The molecule has 0 spiro atoms. The molecule has 0 fully saturated rings. The van der Waals surface area contributed by atoms with Crippen molar-refractivity contribution >= 4 is 55.0 Å². The summed E-state index contributed by atoms with van der Waals surface area (Å²) in [6.45, 7) is 0.512. The van der Waals surface area contributed by atoms with Gasteiger partial charge in [-0.05, 0) is 36.6 Å². The zero-order chi connectivity index (χ0) is 21.8. The Balaban J connectivity index is 1.61. The molecule has 0 unspecified atom stereocenters. The fraction of sp³-hybridized carbons (Fsp3) is 0.261. The molecule has 4 rings (SSSR count). The first-order valence-corrected chi connectivity index (χ1v) is 11.2. The highest BCUT2D eigenvalue weighted by atomic mass is 35.5. The molecule has 6 nitrogen and oxygen atoms in total. The maximum absolute atomic E-state index is 11.3. The number of unbranched alkanes of at least 4 members (excludes halogenated alkanes) is 1. The molecule has 2 heterocycles. The van der Waals surface area contributed by atoms with Crippen LogP contribution in [0.25, 0.3) is 20.3 Å². The molecular formula is C23H22ClN3O3S. The number of thiophene rings is 1. The van der Waals surface area contributed by atoms with Gasteiger partial charge in [-0.2, -0.15) is 0 Å². The Bertz CT molecular complexity index is 1240. The van der Waals surface area contributed by atoms with Gasteiger partial charge in [-0.25, -0.2) is 9.97 Å². The minimum absolute atomic E-state index is 0.0629. The second-order valence-corrected chi connectivity index (χ2v) is 8.63. The van der Waals surface area contributed by atoms with E-state index < -0.39 is 0 Å². The number of benzene rings is 2. The van der Waals surface area contributed by atoms with Crippen LogP contribution in [0.5, 0.6) is 5.75 Å². The number of nitrogens with zero attached hydrogens (tertiary/aromatic N) is 2. The zero-order valence-corrected chi connectivity index (χ0v) is 18.6. The van der Waals surface area contributed by atoms with Crippen LogP contribution in [0, 0.1) is 0 Å². The third-order valence-corrected chi connectivity index (χ3v) is 6.38. The number of fused-ring (bicyclic) bond motifs is 3. The summed E-state index contributed by atoms with van der Waals surface area (Å²) in [4.78, 5) is 21.9. The molecule has 2 aromatic heterocycles. The molecule has 0 aliphatic rings. The number of aromatic nitrogens is 2. The van der Waals surface area contributed by atoms with Crippen molar-refractivity contribution < 1.29 is 14.6 Å². The predicted octanol–water partition coefficient (Wildman–Crippen LogP) is 5.70. The van der Waals surface area contributed by atoms with E-state index in [9.17, 15) is 9.90 Å². The SMILES string of the molecule is COC(=O)CCCCc1nc(NCc2ccc(O)c(Cl)c2)c2c(n1)sc1ccccc12. The van der Waals surface area contributed by atoms with Gasteiger partial charge >= 0.3 is 5.97 Å². The quantitative estimate of drug-likeness (QED) is 0.262. The van der Waals surface area contributed by atoms with E-state index in [2.05, 4.69) is 17.4 Å². The molecule has 160 valence electrons. The number of rotatable bonds is 8. The van der Waals surface area contributed by atoms with Crippen molar-refractivity contribution in [2.45, 2.75) is 32.2 Å². The highest BCUT2D eigenvalue weighted by Gasteiger charge is 2.14. The lowest BCUT2D eigenvalue weighted by molar-refractivity contribution is -0.140. The van der Waals surface area contributed by atoms with Gasteiger partial charge in [0.2, 0.25) is 0 Å². The Hall–Kier alpha value is -2.90. The molecule has 8 heteroatoms. The number of esters is 1. The average molecular weight is 456 g/mol. The van der Waals surface area contributed by atoms with Gasteiger partial charge in [-0.1, -0.05) is 35.9 Å². The summed E-state index contributed by atoms with van der Waals surface area (Å²) < 4.78 is 5.86. The number of halogens is 1. The highest BCUT2D eigenvalue weighted by molar-refractivity contribution is 7.25. The number of methoxy groups -OCH3 is 1. The minimum atomic E-state index is -0.198. The molecule has 0 radical (unpaired) electrons. The molecule has 0 aliphatic carbocycles. The normalized spacial score (nSPS) is 11.2. The number of hydrogen-bond acceptors (Lipinski definition) is 7. The first-order chi connectivity index (χ1) is 15.0. The molecule has 0 saturated carbocycles. The Kier molecular flexibility index (Phi) is 6.53. The van der Waals surface area contributed by atoms with Crippen LogP contribution in [-0.4, -0.2) is 28.2 Å². The summed E-state index contributed by atoms with van der Waals surface area (Å²) in [6, 6.07) is 13.3. The van der Waals surface area contributed by atoms with E-state index >= 15 is 0 Å². The lowest BCUT2D eigenvalue weighted by Crippen LogP contribution is -2.06. The first kappa shape index (κ1) is 21.3. The van der Waals surface area contributed by atoms with Crippen LogP contribution in [0.4, 0.5) is 5.82 Å². The monoisotopic (exact) mass is 455 g/mol. The molecule has 2 N–H and O–H groups in total. The van der Waals surface area contributed by atoms with Crippen molar-refractivity contribution in [2.75, 3.05) is 12.4 Å². The summed E-state index contributed by atoms with van der Waals surface area (Å²) in [7, 11) is 1.40. The predicted molar refractivity (Wildman–Crippen MR) is 125 cm³/mol. The lowest BCUT2D eigenvalue weighted by atomic mass is 10.1. The van der Waals surface area contributed by atoms with Gasteiger partial charge in [-0.3, -0.25) is 4.79 Å². The van der Waals surface area contributed by atoms with Crippen molar-refractivity contribution in [1.29, 1.82) is 0 Å². The van der Waals surface area contributed by atoms with Crippen LogP contribution < -0.4 is 5.32 Å². The van der Waals surface area contributed by atoms with E-state index in [4.69, 9.17) is 26.3 Å². The number of hydrogen-bond donors (Lipinski definition) is 2. The third-order valence-electron chi connectivity index (χ3n) is 5.02. The summed E-state index contributed by atoms with van der Waals surface area (Å²) in [5, 5.41) is 15.5. The molecule has 2 aromatic carbocycles. The molecular weight excluding hydrogens is 434 g/mol. The fourth-order valence-corrected chi connectivity index (χ4v) is 4.71. The molecule has 31 heavy (non-hydrogen) atoms. The van der Waals surface area contributed by atoms with Crippen LogP contribution >= 0.6 is 22.9 Å². The van der Waals surface area contributed by atoms with Crippen molar-refractivity contribution in [2.24, 2.45) is 0 Å². The van der Waals surface area contributed by atoms with Crippen molar-refractivity contribution in [3.05, 3.63) is 58.9 Å². The summed E-state index contributed by atoms with van der Waals surface area (Å²) >= 11 is 7.69. The van der Waals surface area contributed by atoms with Crippen molar-refractivity contribution in [3.8, 4) is 5.75 Å². The summed E-state index contributed by atoms with van der Waals surface area (Å²) in [6.07, 6.45) is 2.61. The van der Waals surface area contributed by atoms with Gasteiger partial charge in [0.25, 0.3) is 0 Å². The van der Waals surface area contributed by atoms with Crippen LogP contribution in [-0.2, 0) is 22.5 Å². The van der Waals surface area contributed by atoms with E-state index in [-0.39, 0.29) is 11.7 Å². The van der Waals surface area contributed by atoms with E-state index in [1.54, 1.807) is 23.5 Å². The van der Waals surface area contributed by atoms with Gasteiger partial charge in [0, 0.05) is 29.5 Å². The molecule has 0 aliphatic heterocycles. The van der Waals surface area contributed by atoms with Gasteiger partial charge in [0.1, 0.15) is 22.2 Å². The lowest BCUT2D eigenvalue weighted by Gasteiger charge is -2.10. The number of carbonyl (C=O) groups is 1. The second-order valence-electron chi connectivity index (χ2n) is 7.19. The maximum atomic E-state index is 11.3. The Morgan fingerprint density at radius 1 is 1.19 bits per heavy atom. The Labute approximate surface area is 188 Å². The van der Waals surface area contributed by atoms with Gasteiger partial charge in [0.15, 0.2) is 0 Å². The standard InChI is InChI=1S/C23H22ClN3O3S/c1-30-20(29)9-5-4-8-19-26-22(25-13-14-10-11-17(28)16(24)12-14)21-15-6-2-3-7-18(15)31-23(21)27-19/h2-3,6-7,10-12,28H,4-5,8-9,13H2,1H3,(H,25,26,27). The second kappa shape index (κ2) is 9.49. The number of aromatic hydroxyl groups is 1. The highest BCUT2D eigenvalue weighted by Crippen LogP contribution is 2.36. The fourth-order valence-electron chi connectivity index (χ4n) is 3.41. The molecule has 0 atom stereocenters. The van der Waals surface area contributed by atoms with Crippen LogP contribution in [0.15, 0.2) is 42.5 Å². The molecule has 0 amide bonds. The van der Waals surface area contributed by atoms with Crippen LogP contribution in [0.1, 0.15) is 30.7 Å². The van der Waals surface area contributed by atoms with Crippen molar-refractivity contribution in [3.63, 3.8) is 0 Å². The summed E-state index contributed by atoms with van der Waals surface area (Å²) in [5.41, 5.74) is 0.939. The number of anilines is 1. The van der Waals surface area contributed by atoms with E-state index in [1.165, 1.54) is 7.11 Å². The number of aryl methyl sites for hydroxylation is 1.